The number of esters is 1. The fourth-order valence-corrected chi connectivity index (χ4v) is 3.01. The van der Waals surface area contributed by atoms with Gasteiger partial charge in [-0.3, -0.25) is 14.4 Å². The van der Waals surface area contributed by atoms with Gasteiger partial charge in [0.25, 0.3) is 0 Å². The molecule has 1 atom stereocenters. The summed E-state index contributed by atoms with van der Waals surface area (Å²) >= 11 is 5.19. The third kappa shape index (κ3) is 2.05. The molecule has 3 rings (SSSR count). The second-order valence-electron chi connectivity index (χ2n) is 4.95. The van der Waals surface area contributed by atoms with Crippen molar-refractivity contribution in [2.45, 2.75) is 6.92 Å². The lowest BCUT2D eigenvalue weighted by molar-refractivity contribution is -0.144. The Morgan fingerprint density at radius 3 is 2.41 bits per heavy atom. The number of ether oxygens (including phenoxy) is 1. The predicted octanol–water partition coefficient (Wildman–Crippen LogP) is 2.48. The second-order valence-corrected chi connectivity index (χ2v) is 5.42. The van der Waals surface area contributed by atoms with E-state index in [9.17, 15) is 14.4 Å². The van der Waals surface area contributed by atoms with Gasteiger partial charge in [-0.25, -0.2) is 0 Å². The zero-order valence-electron chi connectivity index (χ0n) is 11.8. The summed E-state index contributed by atoms with van der Waals surface area (Å²) in [6, 6.07) is 6.59. The highest BCUT2D eigenvalue weighted by molar-refractivity contribution is 7.80. The normalized spacial score (nSPS) is 19.9. The zero-order valence-corrected chi connectivity index (χ0v) is 12.6. The van der Waals surface area contributed by atoms with E-state index in [1.54, 1.807) is 31.2 Å². The molecule has 5 heteroatoms. The number of Topliss-reactive ketones (excluding diaryl/α,β-unsaturated/α-hetero) is 2. The summed E-state index contributed by atoms with van der Waals surface area (Å²) in [5.74, 6) is -2.18. The van der Waals surface area contributed by atoms with Crippen molar-refractivity contribution < 1.29 is 19.1 Å². The van der Waals surface area contributed by atoms with E-state index in [0.717, 1.165) is 0 Å². The minimum atomic E-state index is -0.986. The minimum absolute atomic E-state index is 0.134. The third-order valence-corrected chi connectivity index (χ3v) is 4.08. The van der Waals surface area contributed by atoms with Gasteiger partial charge in [0.2, 0.25) is 0 Å². The first-order valence-electron chi connectivity index (χ1n) is 6.87. The Morgan fingerprint density at radius 1 is 1.14 bits per heavy atom. The zero-order chi connectivity index (χ0) is 15.9. The maximum atomic E-state index is 12.7. The quantitative estimate of drug-likeness (QED) is 0.620. The SMILES string of the molecule is CCOC(=O)C1C(=S)C=CC2=C1C(=O)c1ccccc1C2=O. The Balaban J connectivity index is 2.18. The first kappa shape index (κ1) is 14.5. The number of fused-ring (bicyclic) bond motifs is 1. The van der Waals surface area contributed by atoms with E-state index in [1.165, 1.54) is 12.2 Å². The second kappa shape index (κ2) is 5.42. The molecule has 1 unspecified atom stereocenters. The van der Waals surface area contributed by atoms with Crippen molar-refractivity contribution in [3.05, 3.63) is 58.7 Å². The number of hydrogen-bond donors (Lipinski definition) is 0. The summed E-state index contributed by atoms with van der Waals surface area (Å²) in [6.45, 7) is 1.86. The molecule has 0 saturated carbocycles. The van der Waals surface area contributed by atoms with Gasteiger partial charge >= 0.3 is 5.97 Å². The van der Waals surface area contributed by atoms with Crippen molar-refractivity contribution >= 4 is 34.6 Å². The van der Waals surface area contributed by atoms with Crippen LogP contribution >= 0.6 is 12.2 Å². The summed E-state index contributed by atoms with van der Waals surface area (Å²) < 4.78 is 5.01. The molecular formula is C17H12O4S. The maximum absolute atomic E-state index is 12.7. The van der Waals surface area contributed by atoms with Crippen LogP contribution in [0.15, 0.2) is 47.6 Å². The topological polar surface area (TPSA) is 60.4 Å². The molecule has 0 amide bonds. The van der Waals surface area contributed by atoms with Crippen molar-refractivity contribution in [1.82, 2.24) is 0 Å². The van der Waals surface area contributed by atoms with Crippen LogP contribution in [0.2, 0.25) is 0 Å². The lowest BCUT2D eigenvalue weighted by Gasteiger charge is -2.27. The highest BCUT2D eigenvalue weighted by atomic mass is 32.1. The molecule has 4 nitrogen and oxygen atoms in total. The van der Waals surface area contributed by atoms with Crippen molar-refractivity contribution in [1.29, 1.82) is 0 Å². The van der Waals surface area contributed by atoms with Gasteiger partial charge in [-0.15, -0.1) is 0 Å². The summed E-state index contributed by atoms with van der Waals surface area (Å²) in [5.41, 5.74) is 1.02. The maximum Gasteiger partial charge on any atom is 0.318 e. The van der Waals surface area contributed by atoms with Crippen LogP contribution in [-0.2, 0) is 9.53 Å². The van der Waals surface area contributed by atoms with Gasteiger partial charge < -0.3 is 4.74 Å². The average molecular weight is 312 g/mol. The van der Waals surface area contributed by atoms with Crippen LogP contribution in [0.5, 0.6) is 0 Å². The first-order valence-corrected chi connectivity index (χ1v) is 7.28. The van der Waals surface area contributed by atoms with E-state index in [4.69, 9.17) is 17.0 Å². The Hall–Kier alpha value is -2.40. The molecule has 0 aliphatic heterocycles. The van der Waals surface area contributed by atoms with Gasteiger partial charge in [0.05, 0.1) is 6.61 Å². The molecular weight excluding hydrogens is 300 g/mol. The Kier molecular flexibility index (Phi) is 3.58. The van der Waals surface area contributed by atoms with Crippen molar-refractivity contribution in [2.24, 2.45) is 5.92 Å². The monoisotopic (exact) mass is 312 g/mol. The van der Waals surface area contributed by atoms with Crippen molar-refractivity contribution in [3.63, 3.8) is 0 Å². The molecule has 1 aromatic rings. The molecule has 1 aromatic carbocycles. The van der Waals surface area contributed by atoms with Gasteiger partial charge in [0.1, 0.15) is 5.92 Å². The molecule has 2 aliphatic rings. The number of allylic oxidation sites excluding steroid dienone is 3. The van der Waals surface area contributed by atoms with Gasteiger partial charge in [0, 0.05) is 27.1 Å². The lowest BCUT2D eigenvalue weighted by atomic mass is 9.75. The Bertz CT molecular complexity index is 786. The molecule has 0 radical (unpaired) electrons. The van der Waals surface area contributed by atoms with Gasteiger partial charge in [0.15, 0.2) is 11.6 Å². The van der Waals surface area contributed by atoms with Crippen molar-refractivity contribution in [2.75, 3.05) is 6.61 Å². The average Bonchev–Trinajstić information content (AvgIpc) is 2.52. The van der Waals surface area contributed by atoms with Crippen LogP contribution in [0.3, 0.4) is 0 Å². The molecule has 0 spiro atoms. The molecule has 0 N–H and O–H groups in total. The van der Waals surface area contributed by atoms with Crippen LogP contribution < -0.4 is 0 Å². The third-order valence-electron chi connectivity index (χ3n) is 3.71. The molecule has 0 saturated heterocycles. The molecule has 0 fully saturated rings. The van der Waals surface area contributed by atoms with E-state index in [0.29, 0.717) is 11.1 Å². The largest absolute Gasteiger partial charge is 0.465 e. The van der Waals surface area contributed by atoms with Crippen LogP contribution in [0.25, 0.3) is 0 Å². The summed E-state index contributed by atoms with van der Waals surface area (Å²) in [6.07, 6.45) is 3.04. The molecule has 110 valence electrons. The standard InChI is InChI=1S/C17H12O4S/c1-2-21-17(20)14-12(22)8-7-11-13(14)16(19)10-6-4-3-5-9(10)15(11)18/h3-8,14H,2H2,1H3. The predicted molar refractivity (Wildman–Crippen MR) is 84.0 cm³/mol. The highest BCUT2D eigenvalue weighted by Gasteiger charge is 2.41. The molecule has 0 bridgehead atoms. The summed E-state index contributed by atoms with van der Waals surface area (Å²) in [5, 5.41) is 0. The van der Waals surface area contributed by atoms with Crippen LogP contribution in [0, 0.1) is 5.92 Å². The van der Waals surface area contributed by atoms with Crippen LogP contribution in [-0.4, -0.2) is 29.0 Å². The van der Waals surface area contributed by atoms with Gasteiger partial charge in [-0.05, 0) is 19.1 Å². The number of carbonyl (C=O) groups excluding carboxylic acids is 3. The van der Waals surface area contributed by atoms with E-state index in [-0.39, 0.29) is 34.2 Å². The van der Waals surface area contributed by atoms with Gasteiger partial charge in [-0.2, -0.15) is 0 Å². The van der Waals surface area contributed by atoms with E-state index in [2.05, 4.69) is 0 Å². The van der Waals surface area contributed by atoms with Crippen molar-refractivity contribution in [3.8, 4) is 0 Å². The Morgan fingerprint density at radius 2 is 1.77 bits per heavy atom. The molecule has 2 aliphatic carbocycles. The number of thiocarbonyl (C=S) groups is 1. The first-order chi connectivity index (χ1) is 10.6. The fraction of sp³-hybridized carbons (Fsp3) is 0.176. The molecule has 0 aromatic heterocycles. The number of rotatable bonds is 2. The van der Waals surface area contributed by atoms with E-state index >= 15 is 0 Å². The number of hydrogen-bond acceptors (Lipinski definition) is 5. The van der Waals surface area contributed by atoms with E-state index < -0.39 is 11.9 Å². The lowest BCUT2D eigenvalue weighted by Crippen LogP contribution is -2.36. The van der Waals surface area contributed by atoms with Gasteiger partial charge in [-0.1, -0.05) is 36.5 Å². The summed E-state index contributed by atoms with van der Waals surface area (Å²) in [7, 11) is 0. The minimum Gasteiger partial charge on any atom is -0.465 e. The summed E-state index contributed by atoms with van der Waals surface area (Å²) in [4.78, 5) is 37.8. The smallest absolute Gasteiger partial charge is 0.318 e. The van der Waals surface area contributed by atoms with E-state index in [1.807, 2.05) is 0 Å². The highest BCUT2D eigenvalue weighted by Crippen LogP contribution is 2.35. The Labute approximate surface area is 132 Å². The molecule has 22 heavy (non-hydrogen) atoms. The number of carbonyl (C=O) groups is 3. The van der Waals surface area contributed by atoms with Crippen LogP contribution in [0.4, 0.5) is 0 Å². The fourth-order valence-electron chi connectivity index (χ4n) is 2.73. The van der Waals surface area contributed by atoms with Crippen LogP contribution in [0.1, 0.15) is 27.6 Å². The number of ketones is 2. The molecule has 0 heterocycles. The number of benzene rings is 1.